The van der Waals surface area contributed by atoms with E-state index in [-0.39, 0.29) is 11.9 Å². The van der Waals surface area contributed by atoms with Crippen molar-refractivity contribution in [3.05, 3.63) is 59.2 Å². The van der Waals surface area contributed by atoms with Crippen molar-refractivity contribution in [2.45, 2.75) is 38.3 Å². The molecule has 0 spiro atoms. The first-order chi connectivity index (χ1) is 11.7. The highest BCUT2D eigenvalue weighted by Crippen LogP contribution is 2.40. The highest BCUT2D eigenvalue weighted by atomic mass is 16.5. The lowest BCUT2D eigenvalue weighted by molar-refractivity contribution is -0.135. The van der Waals surface area contributed by atoms with Crippen molar-refractivity contribution >= 4 is 5.91 Å². The van der Waals surface area contributed by atoms with Crippen molar-refractivity contribution in [2.24, 2.45) is 5.92 Å². The zero-order valence-electron chi connectivity index (χ0n) is 13.7. The number of benzene rings is 1. The highest BCUT2D eigenvalue weighted by Gasteiger charge is 2.37. The molecular weight excluding hydrogens is 302 g/mol. The average molecular weight is 323 g/mol. The first-order valence-corrected chi connectivity index (χ1v) is 8.51. The summed E-state index contributed by atoms with van der Waals surface area (Å²) in [5, 5.41) is 3.14. The van der Waals surface area contributed by atoms with Crippen LogP contribution in [-0.2, 0) is 16.0 Å². The Morgan fingerprint density at radius 3 is 2.92 bits per heavy atom. The number of amides is 1. The smallest absolute Gasteiger partial charge is 0.254 e. The summed E-state index contributed by atoms with van der Waals surface area (Å²) in [7, 11) is 0. The fourth-order valence-electron chi connectivity index (χ4n) is 3.28. The average Bonchev–Trinajstić information content (AvgIpc) is 3.44. The SMILES string of the molecule is Cc1ccnc([C@H](NC(=O)[C@@H]2OCCc3ccccc32)C2CC2)n1. The second kappa shape index (κ2) is 6.32. The molecule has 1 amide bonds. The molecule has 124 valence electrons. The normalized spacial score (nSPS) is 21.0. The summed E-state index contributed by atoms with van der Waals surface area (Å²) in [5.41, 5.74) is 3.08. The fraction of sp³-hybridized carbons (Fsp3) is 0.421. The van der Waals surface area contributed by atoms with Gasteiger partial charge in [0.25, 0.3) is 5.91 Å². The van der Waals surface area contributed by atoms with Gasteiger partial charge in [-0.25, -0.2) is 9.97 Å². The molecule has 1 aliphatic heterocycles. The third-order valence-corrected chi connectivity index (χ3v) is 4.71. The molecule has 5 heteroatoms. The zero-order valence-corrected chi connectivity index (χ0v) is 13.7. The molecule has 2 heterocycles. The molecule has 1 aromatic carbocycles. The summed E-state index contributed by atoms with van der Waals surface area (Å²) in [6, 6.07) is 9.75. The number of nitrogens with one attached hydrogen (secondary N) is 1. The van der Waals surface area contributed by atoms with Crippen LogP contribution in [0.3, 0.4) is 0 Å². The van der Waals surface area contributed by atoms with Gasteiger partial charge in [0, 0.05) is 11.9 Å². The molecule has 1 saturated carbocycles. The summed E-state index contributed by atoms with van der Waals surface area (Å²) in [5.74, 6) is 1.04. The Balaban J connectivity index is 1.56. The van der Waals surface area contributed by atoms with E-state index in [2.05, 4.69) is 21.4 Å². The van der Waals surface area contributed by atoms with Crippen molar-refractivity contribution in [1.82, 2.24) is 15.3 Å². The molecule has 2 aliphatic rings. The van der Waals surface area contributed by atoms with Crippen LogP contribution in [0.2, 0.25) is 0 Å². The largest absolute Gasteiger partial charge is 0.363 e. The molecule has 24 heavy (non-hydrogen) atoms. The first-order valence-electron chi connectivity index (χ1n) is 8.51. The fourth-order valence-corrected chi connectivity index (χ4v) is 3.28. The van der Waals surface area contributed by atoms with Gasteiger partial charge in [-0.1, -0.05) is 24.3 Å². The Hall–Kier alpha value is -2.27. The van der Waals surface area contributed by atoms with Crippen molar-refractivity contribution in [1.29, 1.82) is 0 Å². The van der Waals surface area contributed by atoms with Crippen LogP contribution in [0.4, 0.5) is 0 Å². The van der Waals surface area contributed by atoms with Gasteiger partial charge in [0.15, 0.2) is 11.9 Å². The monoisotopic (exact) mass is 323 g/mol. The molecule has 0 bridgehead atoms. The summed E-state index contributed by atoms with van der Waals surface area (Å²) < 4.78 is 5.77. The predicted molar refractivity (Wildman–Crippen MR) is 89.2 cm³/mol. The quantitative estimate of drug-likeness (QED) is 0.939. The number of nitrogens with zero attached hydrogens (tertiary/aromatic N) is 2. The third kappa shape index (κ3) is 3.04. The molecule has 0 unspecified atom stereocenters. The van der Waals surface area contributed by atoms with Crippen LogP contribution in [0.15, 0.2) is 36.5 Å². The number of ether oxygens (including phenoxy) is 1. The van der Waals surface area contributed by atoms with Crippen LogP contribution in [0, 0.1) is 12.8 Å². The summed E-state index contributed by atoms with van der Waals surface area (Å²) in [6.45, 7) is 2.52. The van der Waals surface area contributed by atoms with Gasteiger partial charge in [-0.05, 0) is 49.3 Å². The van der Waals surface area contributed by atoms with Gasteiger partial charge >= 0.3 is 0 Å². The predicted octanol–water partition coefficient (Wildman–Crippen LogP) is 2.67. The standard InChI is InChI=1S/C19H21N3O2/c1-12-8-10-20-18(21-12)16(14-6-7-14)22-19(23)17-15-5-3-2-4-13(15)9-11-24-17/h2-5,8,10,14,16-17H,6-7,9,11H2,1H3,(H,22,23)/t16-,17-/m1/s1. The second-order valence-electron chi connectivity index (χ2n) is 6.58. The van der Waals surface area contributed by atoms with E-state index < -0.39 is 6.10 Å². The van der Waals surface area contributed by atoms with E-state index in [0.717, 1.165) is 30.5 Å². The Morgan fingerprint density at radius 1 is 1.29 bits per heavy atom. The van der Waals surface area contributed by atoms with Gasteiger partial charge in [-0.15, -0.1) is 0 Å². The molecule has 5 nitrogen and oxygen atoms in total. The summed E-state index contributed by atoms with van der Waals surface area (Å²) >= 11 is 0. The number of carbonyl (C=O) groups excluding carboxylic acids is 1. The van der Waals surface area contributed by atoms with Crippen LogP contribution in [0.1, 0.15) is 47.6 Å². The van der Waals surface area contributed by atoms with Gasteiger partial charge < -0.3 is 10.1 Å². The molecule has 1 aromatic heterocycles. The van der Waals surface area contributed by atoms with E-state index in [0.29, 0.717) is 18.3 Å². The molecule has 1 aliphatic carbocycles. The maximum absolute atomic E-state index is 12.9. The lowest BCUT2D eigenvalue weighted by Gasteiger charge is -2.27. The lowest BCUT2D eigenvalue weighted by atomic mass is 9.97. The number of hydrogen-bond donors (Lipinski definition) is 1. The molecule has 1 fully saturated rings. The van der Waals surface area contributed by atoms with Crippen molar-refractivity contribution in [3.8, 4) is 0 Å². The van der Waals surface area contributed by atoms with Crippen LogP contribution in [0.5, 0.6) is 0 Å². The van der Waals surface area contributed by atoms with Crippen molar-refractivity contribution in [3.63, 3.8) is 0 Å². The maximum Gasteiger partial charge on any atom is 0.254 e. The topological polar surface area (TPSA) is 64.1 Å². The second-order valence-corrected chi connectivity index (χ2v) is 6.58. The van der Waals surface area contributed by atoms with Gasteiger partial charge in [0.2, 0.25) is 0 Å². The van der Waals surface area contributed by atoms with Crippen LogP contribution in [0.25, 0.3) is 0 Å². The molecule has 2 aromatic rings. The number of aryl methyl sites for hydroxylation is 1. The van der Waals surface area contributed by atoms with Gasteiger partial charge in [0.05, 0.1) is 12.6 Å². The number of rotatable bonds is 4. The minimum Gasteiger partial charge on any atom is -0.363 e. The van der Waals surface area contributed by atoms with E-state index in [1.807, 2.05) is 31.2 Å². The Labute approximate surface area is 141 Å². The summed E-state index contributed by atoms with van der Waals surface area (Å²) in [4.78, 5) is 21.8. The van der Waals surface area contributed by atoms with Gasteiger partial charge in [-0.2, -0.15) is 0 Å². The first kappa shape index (κ1) is 15.3. The number of fused-ring (bicyclic) bond motifs is 1. The van der Waals surface area contributed by atoms with E-state index in [1.54, 1.807) is 6.20 Å². The number of aromatic nitrogens is 2. The number of carbonyl (C=O) groups is 1. The minimum absolute atomic E-state index is 0.0934. The molecule has 2 atom stereocenters. The maximum atomic E-state index is 12.9. The lowest BCUT2D eigenvalue weighted by Crippen LogP contribution is -2.37. The Kier molecular flexibility index (Phi) is 4.02. The molecule has 0 radical (unpaired) electrons. The Bertz CT molecular complexity index is 758. The Morgan fingerprint density at radius 2 is 2.12 bits per heavy atom. The van der Waals surface area contributed by atoms with Crippen molar-refractivity contribution in [2.75, 3.05) is 6.61 Å². The van der Waals surface area contributed by atoms with E-state index >= 15 is 0 Å². The highest BCUT2D eigenvalue weighted by molar-refractivity contribution is 5.83. The molecule has 1 N–H and O–H groups in total. The third-order valence-electron chi connectivity index (χ3n) is 4.71. The minimum atomic E-state index is -0.541. The van der Waals surface area contributed by atoms with Gasteiger partial charge in [-0.3, -0.25) is 4.79 Å². The van der Waals surface area contributed by atoms with Crippen molar-refractivity contribution < 1.29 is 9.53 Å². The molecule has 4 rings (SSSR count). The molecule has 0 saturated heterocycles. The number of hydrogen-bond acceptors (Lipinski definition) is 4. The molecular formula is C19H21N3O2. The van der Waals surface area contributed by atoms with E-state index in [4.69, 9.17) is 4.74 Å². The van der Waals surface area contributed by atoms with Crippen LogP contribution < -0.4 is 5.32 Å². The zero-order chi connectivity index (χ0) is 16.5. The van der Waals surface area contributed by atoms with E-state index in [1.165, 1.54) is 5.56 Å². The summed E-state index contributed by atoms with van der Waals surface area (Å²) in [6.07, 6.45) is 4.27. The van der Waals surface area contributed by atoms with Crippen LogP contribution in [-0.4, -0.2) is 22.5 Å². The van der Waals surface area contributed by atoms with Gasteiger partial charge in [0.1, 0.15) is 0 Å². The van der Waals surface area contributed by atoms with Crippen LogP contribution >= 0.6 is 0 Å². The van der Waals surface area contributed by atoms with E-state index in [9.17, 15) is 4.79 Å².